The van der Waals surface area contributed by atoms with Gasteiger partial charge in [-0.3, -0.25) is 14.6 Å². The molecule has 1 aromatic carbocycles. The zero-order chi connectivity index (χ0) is 14.5. The minimum absolute atomic E-state index is 0.167. The van der Waals surface area contributed by atoms with Gasteiger partial charge in [0.2, 0.25) is 0 Å². The lowest BCUT2D eigenvalue weighted by atomic mass is 10.2. The molecular weight excluding hydrogens is 322 g/mol. The van der Waals surface area contributed by atoms with Crippen molar-refractivity contribution in [1.29, 1.82) is 0 Å². The van der Waals surface area contributed by atoms with Gasteiger partial charge in [0.1, 0.15) is 0 Å². The molecule has 0 radical (unpaired) electrons. The summed E-state index contributed by atoms with van der Waals surface area (Å²) in [5.74, 6) is -0.410. The van der Waals surface area contributed by atoms with E-state index in [4.69, 9.17) is 0 Å². The molecule has 1 aromatic heterocycles. The number of nitrogens with zero attached hydrogens (tertiary/aromatic N) is 1. The van der Waals surface area contributed by atoms with Crippen molar-refractivity contribution in [1.82, 2.24) is 10.3 Å². The molecule has 0 aliphatic carbocycles. The Morgan fingerprint density at radius 3 is 2.40 bits per heavy atom. The van der Waals surface area contributed by atoms with Gasteiger partial charge in [0.25, 0.3) is 11.8 Å². The molecule has 2 N–H and O–H groups in total. The van der Waals surface area contributed by atoms with Gasteiger partial charge in [0.05, 0.1) is 5.56 Å². The van der Waals surface area contributed by atoms with Gasteiger partial charge in [0, 0.05) is 35.2 Å². The molecule has 102 valence electrons. The number of hydrogen-bond donors (Lipinski definition) is 2. The monoisotopic (exact) mass is 333 g/mol. The molecule has 20 heavy (non-hydrogen) atoms. The molecule has 5 nitrogen and oxygen atoms in total. The summed E-state index contributed by atoms with van der Waals surface area (Å²) in [7, 11) is 1.57. The van der Waals surface area contributed by atoms with E-state index < -0.39 is 0 Å². The summed E-state index contributed by atoms with van der Waals surface area (Å²) < 4.78 is 0.625. The molecule has 6 heteroatoms. The molecule has 0 spiro atoms. The van der Waals surface area contributed by atoms with E-state index in [1.807, 2.05) is 0 Å². The number of amides is 2. The number of benzene rings is 1. The predicted octanol–water partition coefficient (Wildman–Crippen LogP) is 2.46. The molecule has 0 aliphatic heterocycles. The lowest BCUT2D eigenvalue weighted by molar-refractivity contribution is 0.0962. The molecule has 0 saturated carbocycles. The summed E-state index contributed by atoms with van der Waals surface area (Å²) in [6.07, 6.45) is 3.11. The summed E-state index contributed by atoms with van der Waals surface area (Å²) in [5, 5.41) is 5.29. The first-order valence-corrected chi connectivity index (χ1v) is 6.64. The van der Waals surface area contributed by atoms with Crippen LogP contribution in [0.1, 0.15) is 20.7 Å². The average Bonchev–Trinajstić information content (AvgIpc) is 2.47. The molecule has 0 fully saturated rings. The van der Waals surface area contributed by atoms with Crippen molar-refractivity contribution in [2.75, 3.05) is 12.4 Å². The van der Waals surface area contributed by atoms with Gasteiger partial charge < -0.3 is 10.6 Å². The second-order valence-electron chi connectivity index (χ2n) is 3.97. The molecule has 0 unspecified atom stereocenters. The van der Waals surface area contributed by atoms with Crippen LogP contribution in [-0.2, 0) is 0 Å². The van der Waals surface area contributed by atoms with Crippen molar-refractivity contribution in [3.8, 4) is 0 Å². The van der Waals surface area contributed by atoms with Gasteiger partial charge in [0.15, 0.2) is 0 Å². The summed E-state index contributed by atoms with van der Waals surface area (Å²) in [6, 6.07) is 8.28. The highest BCUT2D eigenvalue weighted by atomic mass is 79.9. The van der Waals surface area contributed by atoms with Gasteiger partial charge in [-0.25, -0.2) is 0 Å². The Morgan fingerprint density at radius 2 is 1.80 bits per heavy atom. The van der Waals surface area contributed by atoms with Crippen LogP contribution in [0.25, 0.3) is 0 Å². The average molecular weight is 334 g/mol. The van der Waals surface area contributed by atoms with Gasteiger partial charge in [-0.1, -0.05) is 0 Å². The normalized spacial score (nSPS) is 9.90. The van der Waals surface area contributed by atoms with Crippen LogP contribution in [-0.4, -0.2) is 23.8 Å². The van der Waals surface area contributed by atoms with Crippen LogP contribution < -0.4 is 10.6 Å². The molecule has 2 rings (SSSR count). The van der Waals surface area contributed by atoms with Crippen LogP contribution in [0, 0.1) is 0 Å². The lowest BCUT2D eigenvalue weighted by Crippen LogP contribution is -2.18. The predicted molar refractivity (Wildman–Crippen MR) is 79.7 cm³/mol. The SMILES string of the molecule is CNC(=O)c1ccc(NC(=O)c2ccncc2Br)cc1. The smallest absolute Gasteiger partial charge is 0.256 e. The van der Waals surface area contributed by atoms with E-state index in [0.717, 1.165) is 0 Å². The molecule has 0 saturated heterocycles. The number of nitrogens with one attached hydrogen (secondary N) is 2. The Bertz CT molecular complexity index is 641. The van der Waals surface area contributed by atoms with Gasteiger partial charge in [-0.05, 0) is 46.3 Å². The van der Waals surface area contributed by atoms with E-state index in [-0.39, 0.29) is 11.8 Å². The fourth-order valence-corrected chi connectivity index (χ4v) is 2.04. The van der Waals surface area contributed by atoms with Crippen molar-refractivity contribution in [2.45, 2.75) is 0 Å². The van der Waals surface area contributed by atoms with Crippen LogP contribution in [0.5, 0.6) is 0 Å². The third-order valence-corrected chi connectivity index (χ3v) is 3.28. The highest BCUT2D eigenvalue weighted by molar-refractivity contribution is 9.10. The Morgan fingerprint density at radius 1 is 1.10 bits per heavy atom. The van der Waals surface area contributed by atoms with Gasteiger partial charge in [-0.15, -0.1) is 0 Å². The number of anilines is 1. The number of halogens is 1. The molecule has 2 aromatic rings. The van der Waals surface area contributed by atoms with Crippen LogP contribution in [0.3, 0.4) is 0 Å². The fourth-order valence-electron chi connectivity index (χ4n) is 1.61. The van der Waals surface area contributed by atoms with Crippen molar-refractivity contribution in [2.24, 2.45) is 0 Å². The number of hydrogen-bond acceptors (Lipinski definition) is 3. The highest BCUT2D eigenvalue weighted by Crippen LogP contribution is 2.17. The Labute approximate surface area is 124 Å². The number of carbonyl (C=O) groups excluding carboxylic acids is 2. The summed E-state index contributed by atoms with van der Waals surface area (Å²) in [4.78, 5) is 27.4. The van der Waals surface area contributed by atoms with Gasteiger partial charge in [-0.2, -0.15) is 0 Å². The second kappa shape index (κ2) is 6.29. The van der Waals surface area contributed by atoms with E-state index in [1.54, 1.807) is 49.8 Å². The first-order valence-electron chi connectivity index (χ1n) is 5.85. The Hall–Kier alpha value is -2.21. The molecule has 1 heterocycles. The summed E-state index contributed by atoms with van der Waals surface area (Å²) in [6.45, 7) is 0. The van der Waals surface area contributed by atoms with Crippen LogP contribution >= 0.6 is 15.9 Å². The quantitative estimate of drug-likeness (QED) is 0.906. The van der Waals surface area contributed by atoms with Crippen LogP contribution in [0.4, 0.5) is 5.69 Å². The van der Waals surface area contributed by atoms with Crippen molar-refractivity contribution >= 4 is 33.4 Å². The first kappa shape index (κ1) is 14.2. The molecule has 0 bridgehead atoms. The van der Waals surface area contributed by atoms with Crippen molar-refractivity contribution in [3.63, 3.8) is 0 Å². The topological polar surface area (TPSA) is 71.1 Å². The zero-order valence-electron chi connectivity index (χ0n) is 10.7. The van der Waals surface area contributed by atoms with Gasteiger partial charge >= 0.3 is 0 Å². The first-order chi connectivity index (χ1) is 9.61. The summed E-state index contributed by atoms with van der Waals surface area (Å²) in [5.41, 5.74) is 1.65. The van der Waals surface area contributed by atoms with Crippen molar-refractivity contribution < 1.29 is 9.59 Å². The van der Waals surface area contributed by atoms with E-state index >= 15 is 0 Å². The number of carbonyl (C=O) groups is 2. The van der Waals surface area contributed by atoms with E-state index in [1.165, 1.54) is 0 Å². The van der Waals surface area contributed by atoms with Crippen LogP contribution in [0.2, 0.25) is 0 Å². The Kier molecular flexibility index (Phi) is 4.47. The lowest BCUT2D eigenvalue weighted by Gasteiger charge is -2.07. The molecule has 2 amide bonds. The largest absolute Gasteiger partial charge is 0.355 e. The molecule has 0 aliphatic rings. The van der Waals surface area contributed by atoms with E-state index in [2.05, 4.69) is 31.5 Å². The minimum Gasteiger partial charge on any atom is -0.355 e. The minimum atomic E-state index is -0.244. The van der Waals surface area contributed by atoms with E-state index in [9.17, 15) is 9.59 Å². The van der Waals surface area contributed by atoms with Crippen molar-refractivity contribution in [3.05, 3.63) is 58.3 Å². The standard InChI is InChI=1S/C14H12BrN3O2/c1-16-13(19)9-2-4-10(5-3-9)18-14(20)11-6-7-17-8-12(11)15/h2-8H,1H3,(H,16,19)(H,18,20). The Balaban J connectivity index is 2.13. The maximum atomic E-state index is 12.1. The fraction of sp³-hybridized carbons (Fsp3) is 0.0714. The van der Waals surface area contributed by atoms with E-state index in [0.29, 0.717) is 21.3 Å². The number of aromatic nitrogens is 1. The maximum absolute atomic E-state index is 12.1. The number of rotatable bonds is 3. The third-order valence-electron chi connectivity index (χ3n) is 2.65. The highest BCUT2D eigenvalue weighted by Gasteiger charge is 2.10. The third kappa shape index (κ3) is 3.21. The zero-order valence-corrected chi connectivity index (χ0v) is 12.3. The maximum Gasteiger partial charge on any atom is 0.256 e. The van der Waals surface area contributed by atoms with Crippen LogP contribution in [0.15, 0.2) is 47.2 Å². The number of pyridine rings is 1. The second-order valence-corrected chi connectivity index (χ2v) is 4.82. The summed E-state index contributed by atoms with van der Waals surface area (Å²) >= 11 is 3.27. The molecule has 0 atom stereocenters. The molecular formula is C14H12BrN3O2.